The Morgan fingerprint density at radius 2 is 1.86 bits per heavy atom. The third-order valence-electron chi connectivity index (χ3n) is 4.54. The quantitative estimate of drug-likeness (QED) is 0.612. The number of imide groups is 1. The fourth-order valence-corrected chi connectivity index (χ4v) is 3.31. The first-order valence-electron chi connectivity index (χ1n) is 8.54. The molecule has 28 heavy (non-hydrogen) atoms. The maximum Gasteiger partial charge on any atom is 0.261 e. The largest absolute Gasteiger partial charge is 0.467 e. The van der Waals surface area contributed by atoms with Crippen LogP contribution >= 0.6 is 15.9 Å². The smallest absolute Gasteiger partial charge is 0.261 e. The molecule has 3 aromatic rings. The summed E-state index contributed by atoms with van der Waals surface area (Å²) in [6, 6.07) is 13.4. The lowest BCUT2D eigenvalue weighted by Gasteiger charge is -2.11. The monoisotopic (exact) mass is 438 g/mol. The molecule has 0 radical (unpaired) electrons. The third kappa shape index (κ3) is 3.25. The van der Waals surface area contributed by atoms with Gasteiger partial charge >= 0.3 is 0 Å². The standard InChI is InChI=1S/C21H15BrN2O4/c1-12-9-14(5-7-18(12)22)23-19(25)13-4-6-16-17(10-13)21(27)24(20(16)26)11-15-3-2-8-28-15/h2-10H,11H2,1H3,(H,23,25). The van der Waals surface area contributed by atoms with Crippen molar-refractivity contribution < 1.29 is 18.8 Å². The zero-order chi connectivity index (χ0) is 19.8. The maximum atomic E-state index is 12.7. The highest BCUT2D eigenvalue weighted by molar-refractivity contribution is 9.10. The minimum Gasteiger partial charge on any atom is -0.467 e. The number of nitrogens with zero attached hydrogens (tertiary/aromatic N) is 1. The van der Waals surface area contributed by atoms with Gasteiger partial charge < -0.3 is 9.73 Å². The number of anilines is 1. The molecule has 1 aromatic heterocycles. The molecule has 0 aliphatic carbocycles. The molecule has 0 fully saturated rings. The summed E-state index contributed by atoms with van der Waals surface area (Å²) < 4.78 is 6.17. The van der Waals surface area contributed by atoms with Crippen LogP contribution in [-0.4, -0.2) is 22.6 Å². The summed E-state index contributed by atoms with van der Waals surface area (Å²) in [7, 11) is 0. The van der Waals surface area contributed by atoms with Crippen LogP contribution in [-0.2, 0) is 6.54 Å². The van der Waals surface area contributed by atoms with E-state index in [4.69, 9.17) is 4.42 Å². The molecule has 0 saturated carbocycles. The van der Waals surface area contributed by atoms with Crippen molar-refractivity contribution >= 4 is 39.3 Å². The number of carbonyl (C=O) groups excluding carboxylic acids is 3. The Morgan fingerprint density at radius 1 is 1.07 bits per heavy atom. The fourth-order valence-electron chi connectivity index (χ4n) is 3.06. The highest BCUT2D eigenvalue weighted by Crippen LogP contribution is 2.26. The van der Waals surface area contributed by atoms with Gasteiger partial charge in [-0.1, -0.05) is 15.9 Å². The number of amides is 3. The zero-order valence-electron chi connectivity index (χ0n) is 14.9. The molecular formula is C21H15BrN2O4. The van der Waals surface area contributed by atoms with Gasteiger partial charge in [0.15, 0.2) is 0 Å². The van der Waals surface area contributed by atoms with Crippen LogP contribution in [0.2, 0.25) is 0 Å². The summed E-state index contributed by atoms with van der Waals surface area (Å²) in [5, 5.41) is 2.81. The van der Waals surface area contributed by atoms with Gasteiger partial charge in [-0.25, -0.2) is 0 Å². The van der Waals surface area contributed by atoms with E-state index in [0.717, 1.165) is 14.9 Å². The number of benzene rings is 2. The molecule has 2 aromatic carbocycles. The SMILES string of the molecule is Cc1cc(NC(=O)c2ccc3c(c2)C(=O)N(Cc2ccco2)C3=O)ccc1Br. The van der Waals surface area contributed by atoms with Crippen LogP contribution in [0.3, 0.4) is 0 Å². The lowest BCUT2D eigenvalue weighted by Crippen LogP contribution is -2.28. The molecule has 0 unspecified atom stereocenters. The highest BCUT2D eigenvalue weighted by Gasteiger charge is 2.36. The normalized spacial score (nSPS) is 13.0. The predicted molar refractivity (Wildman–Crippen MR) is 106 cm³/mol. The molecule has 0 atom stereocenters. The number of hydrogen-bond acceptors (Lipinski definition) is 4. The van der Waals surface area contributed by atoms with Crippen molar-refractivity contribution in [2.75, 3.05) is 5.32 Å². The van der Waals surface area contributed by atoms with Crippen LogP contribution in [0, 0.1) is 6.92 Å². The Labute approximate surface area is 169 Å². The number of carbonyl (C=O) groups is 3. The van der Waals surface area contributed by atoms with E-state index >= 15 is 0 Å². The summed E-state index contributed by atoms with van der Waals surface area (Å²) in [5.41, 5.74) is 2.44. The minimum atomic E-state index is -0.439. The van der Waals surface area contributed by atoms with Crippen molar-refractivity contribution in [3.05, 3.63) is 87.3 Å². The fraction of sp³-hybridized carbons (Fsp3) is 0.0952. The first-order valence-corrected chi connectivity index (χ1v) is 9.33. The molecular weight excluding hydrogens is 424 g/mol. The van der Waals surface area contributed by atoms with E-state index in [-0.39, 0.29) is 23.6 Å². The summed E-state index contributed by atoms with van der Waals surface area (Å²) in [6.45, 7) is 1.98. The van der Waals surface area contributed by atoms with Crippen molar-refractivity contribution in [3.8, 4) is 0 Å². The van der Waals surface area contributed by atoms with Gasteiger partial charge in [0, 0.05) is 15.7 Å². The van der Waals surface area contributed by atoms with E-state index in [0.29, 0.717) is 17.0 Å². The van der Waals surface area contributed by atoms with Gasteiger partial charge in [0.05, 0.1) is 23.9 Å². The van der Waals surface area contributed by atoms with E-state index in [1.54, 1.807) is 24.3 Å². The van der Waals surface area contributed by atoms with Gasteiger partial charge in [0.2, 0.25) is 0 Å². The van der Waals surface area contributed by atoms with Crippen molar-refractivity contribution in [2.45, 2.75) is 13.5 Å². The summed E-state index contributed by atoms with van der Waals surface area (Å²) in [5.74, 6) is -0.676. The Balaban J connectivity index is 1.57. The predicted octanol–water partition coefficient (Wildman–Crippen LogP) is 4.40. The second-order valence-corrected chi connectivity index (χ2v) is 7.31. The molecule has 1 aliphatic rings. The lowest BCUT2D eigenvalue weighted by molar-refractivity contribution is 0.0631. The van der Waals surface area contributed by atoms with Crippen molar-refractivity contribution in [1.29, 1.82) is 0 Å². The number of nitrogens with one attached hydrogen (secondary N) is 1. The summed E-state index contributed by atoms with van der Waals surface area (Å²) >= 11 is 3.42. The molecule has 140 valence electrons. The van der Waals surface area contributed by atoms with Gasteiger partial charge in [0.1, 0.15) is 5.76 Å². The number of furan rings is 1. The third-order valence-corrected chi connectivity index (χ3v) is 5.43. The molecule has 1 N–H and O–H groups in total. The van der Waals surface area contributed by atoms with Gasteiger partial charge in [0.25, 0.3) is 17.7 Å². The average molecular weight is 439 g/mol. The summed E-state index contributed by atoms with van der Waals surface area (Å²) in [6.07, 6.45) is 1.49. The van der Waals surface area contributed by atoms with Gasteiger partial charge in [-0.15, -0.1) is 0 Å². The number of fused-ring (bicyclic) bond motifs is 1. The van der Waals surface area contributed by atoms with Crippen LogP contribution in [0.25, 0.3) is 0 Å². The molecule has 1 aliphatic heterocycles. The van der Waals surface area contributed by atoms with Crippen LogP contribution < -0.4 is 5.32 Å². The number of rotatable bonds is 4. The van der Waals surface area contributed by atoms with E-state index in [2.05, 4.69) is 21.2 Å². The Bertz CT molecular complexity index is 1110. The molecule has 0 bridgehead atoms. The number of aryl methyl sites for hydroxylation is 1. The first-order chi connectivity index (χ1) is 13.4. The van der Waals surface area contributed by atoms with Crippen molar-refractivity contribution in [3.63, 3.8) is 0 Å². The van der Waals surface area contributed by atoms with Crippen LogP contribution in [0.4, 0.5) is 5.69 Å². The molecule has 2 heterocycles. The number of halogens is 1. The first kappa shape index (κ1) is 18.2. The van der Waals surface area contributed by atoms with E-state index in [1.165, 1.54) is 18.4 Å². The molecule has 0 saturated heterocycles. The summed E-state index contributed by atoms with van der Waals surface area (Å²) in [4.78, 5) is 38.9. The minimum absolute atomic E-state index is 0.0546. The van der Waals surface area contributed by atoms with E-state index < -0.39 is 11.8 Å². The molecule has 7 heteroatoms. The van der Waals surface area contributed by atoms with Gasteiger partial charge in [-0.05, 0) is 61.0 Å². The van der Waals surface area contributed by atoms with Crippen LogP contribution in [0.1, 0.15) is 42.4 Å². The van der Waals surface area contributed by atoms with Crippen LogP contribution in [0.5, 0.6) is 0 Å². The molecule has 6 nitrogen and oxygen atoms in total. The second-order valence-electron chi connectivity index (χ2n) is 6.45. The van der Waals surface area contributed by atoms with Crippen LogP contribution in [0.15, 0.2) is 63.7 Å². The molecule has 0 spiro atoms. The Kier molecular flexibility index (Phi) is 4.60. The van der Waals surface area contributed by atoms with Crippen molar-refractivity contribution in [2.24, 2.45) is 0 Å². The molecule has 4 rings (SSSR count). The highest BCUT2D eigenvalue weighted by atomic mass is 79.9. The number of hydrogen-bond donors (Lipinski definition) is 1. The Hall–Kier alpha value is -3.19. The zero-order valence-corrected chi connectivity index (χ0v) is 16.4. The van der Waals surface area contributed by atoms with Crippen molar-refractivity contribution in [1.82, 2.24) is 4.90 Å². The topological polar surface area (TPSA) is 79.6 Å². The van der Waals surface area contributed by atoms with Gasteiger partial charge in [-0.3, -0.25) is 19.3 Å². The van der Waals surface area contributed by atoms with Gasteiger partial charge in [-0.2, -0.15) is 0 Å². The average Bonchev–Trinajstić information content (AvgIpc) is 3.28. The molecule has 3 amide bonds. The van der Waals surface area contributed by atoms with E-state index in [1.807, 2.05) is 19.1 Å². The lowest BCUT2D eigenvalue weighted by atomic mass is 10.1. The second kappa shape index (κ2) is 7.09. The maximum absolute atomic E-state index is 12.7. The Morgan fingerprint density at radius 3 is 2.57 bits per heavy atom. The van der Waals surface area contributed by atoms with E-state index in [9.17, 15) is 14.4 Å².